The molecule has 3 aromatic rings. The molecule has 0 spiro atoms. The number of carbonyl (C=O) groups excluding carboxylic acids is 2. The molecule has 0 bridgehead atoms. The SMILES string of the molecule is Cc1nc(C)c(C(=O)N2CCCC2c2nc(C)c3c(n2)N(Cc2ccccc2)C(=O)CC3)o1. The molecule has 2 aromatic heterocycles. The normalized spacial score (nSPS) is 18.0. The highest BCUT2D eigenvalue weighted by atomic mass is 16.4. The number of fused-ring (bicyclic) bond motifs is 1. The van der Waals surface area contributed by atoms with Gasteiger partial charge in [0, 0.05) is 31.1 Å². The van der Waals surface area contributed by atoms with Gasteiger partial charge in [0.15, 0.2) is 11.7 Å². The van der Waals surface area contributed by atoms with Gasteiger partial charge in [0.05, 0.1) is 18.3 Å². The fourth-order valence-electron chi connectivity index (χ4n) is 4.82. The van der Waals surface area contributed by atoms with E-state index in [4.69, 9.17) is 14.4 Å². The lowest BCUT2D eigenvalue weighted by Crippen LogP contribution is -2.37. The summed E-state index contributed by atoms with van der Waals surface area (Å²) in [6.07, 6.45) is 2.70. The van der Waals surface area contributed by atoms with Crippen LogP contribution in [-0.4, -0.2) is 38.2 Å². The molecule has 4 heterocycles. The van der Waals surface area contributed by atoms with Gasteiger partial charge in [-0.25, -0.2) is 15.0 Å². The molecule has 0 radical (unpaired) electrons. The molecule has 5 rings (SSSR count). The van der Waals surface area contributed by atoms with E-state index in [-0.39, 0.29) is 23.6 Å². The van der Waals surface area contributed by atoms with E-state index in [1.807, 2.05) is 37.3 Å². The summed E-state index contributed by atoms with van der Waals surface area (Å²) in [5.74, 6) is 1.87. The molecule has 1 aromatic carbocycles. The van der Waals surface area contributed by atoms with Crippen molar-refractivity contribution in [2.75, 3.05) is 11.4 Å². The van der Waals surface area contributed by atoms with Crippen LogP contribution in [0.15, 0.2) is 34.7 Å². The maximum atomic E-state index is 13.3. The third-order valence-electron chi connectivity index (χ3n) is 6.45. The number of amides is 2. The van der Waals surface area contributed by atoms with Crippen molar-refractivity contribution < 1.29 is 14.0 Å². The van der Waals surface area contributed by atoms with E-state index >= 15 is 0 Å². The minimum absolute atomic E-state index is 0.0579. The van der Waals surface area contributed by atoms with Crippen LogP contribution in [0, 0.1) is 20.8 Å². The predicted molar refractivity (Wildman–Crippen MR) is 122 cm³/mol. The van der Waals surface area contributed by atoms with Crippen LogP contribution in [0.3, 0.4) is 0 Å². The van der Waals surface area contributed by atoms with Crippen LogP contribution in [0.1, 0.15) is 70.1 Å². The summed E-state index contributed by atoms with van der Waals surface area (Å²) in [5.41, 5.74) is 3.51. The topological polar surface area (TPSA) is 92.4 Å². The Hall–Kier alpha value is -3.55. The van der Waals surface area contributed by atoms with E-state index in [9.17, 15) is 9.59 Å². The van der Waals surface area contributed by atoms with Crippen molar-refractivity contribution in [1.29, 1.82) is 0 Å². The quantitative estimate of drug-likeness (QED) is 0.606. The number of anilines is 1. The monoisotopic (exact) mass is 445 g/mol. The maximum Gasteiger partial charge on any atom is 0.292 e. The third-order valence-corrected chi connectivity index (χ3v) is 6.45. The van der Waals surface area contributed by atoms with Gasteiger partial charge in [-0.15, -0.1) is 0 Å². The second-order valence-corrected chi connectivity index (χ2v) is 8.74. The fraction of sp³-hybridized carbons (Fsp3) is 0.400. The zero-order valence-corrected chi connectivity index (χ0v) is 19.2. The van der Waals surface area contributed by atoms with Gasteiger partial charge in [0.25, 0.3) is 5.91 Å². The Morgan fingerprint density at radius 2 is 1.85 bits per heavy atom. The minimum atomic E-state index is -0.262. The number of aromatic nitrogens is 3. The zero-order chi connectivity index (χ0) is 23.1. The Kier molecular flexibility index (Phi) is 5.44. The van der Waals surface area contributed by atoms with Crippen LogP contribution in [-0.2, 0) is 17.8 Å². The summed E-state index contributed by atoms with van der Waals surface area (Å²) in [6, 6.07) is 9.66. The van der Waals surface area contributed by atoms with Crippen LogP contribution in [0.5, 0.6) is 0 Å². The Morgan fingerprint density at radius 3 is 2.58 bits per heavy atom. The van der Waals surface area contributed by atoms with Crippen molar-refractivity contribution in [3.8, 4) is 0 Å². The van der Waals surface area contributed by atoms with Crippen LogP contribution in [0.25, 0.3) is 0 Å². The number of carbonyl (C=O) groups is 2. The lowest BCUT2D eigenvalue weighted by Gasteiger charge is -2.31. The molecule has 0 saturated carbocycles. The molecule has 0 N–H and O–H groups in total. The molecule has 8 heteroatoms. The van der Waals surface area contributed by atoms with E-state index < -0.39 is 0 Å². The van der Waals surface area contributed by atoms with Crippen LogP contribution >= 0.6 is 0 Å². The van der Waals surface area contributed by atoms with E-state index in [2.05, 4.69) is 4.98 Å². The number of likely N-dealkylation sites (tertiary alicyclic amines) is 1. The van der Waals surface area contributed by atoms with E-state index in [0.29, 0.717) is 49.2 Å². The standard InChI is InChI=1S/C25H27N5O3/c1-15-19-11-12-21(31)30(14-18-8-5-4-6-9-18)24(19)28-23(27-15)20-10-7-13-29(20)25(32)22-16(2)26-17(3)33-22/h4-6,8-9,20H,7,10-14H2,1-3H3. The molecule has 8 nitrogen and oxygen atoms in total. The van der Waals surface area contributed by atoms with Crippen LogP contribution in [0.2, 0.25) is 0 Å². The minimum Gasteiger partial charge on any atom is -0.436 e. The summed E-state index contributed by atoms with van der Waals surface area (Å²) in [7, 11) is 0. The van der Waals surface area contributed by atoms with E-state index in [1.54, 1.807) is 23.6 Å². The van der Waals surface area contributed by atoms with Crippen molar-refractivity contribution in [2.45, 2.75) is 59.0 Å². The highest BCUT2D eigenvalue weighted by molar-refractivity contribution is 5.95. The summed E-state index contributed by atoms with van der Waals surface area (Å²) in [4.78, 5) is 43.6. The number of hydrogen-bond donors (Lipinski definition) is 0. The van der Waals surface area contributed by atoms with E-state index in [1.165, 1.54) is 0 Å². The lowest BCUT2D eigenvalue weighted by atomic mass is 10.0. The zero-order valence-electron chi connectivity index (χ0n) is 19.2. The number of rotatable bonds is 4. The molecule has 170 valence electrons. The number of aryl methyl sites for hydroxylation is 3. The molecule has 2 amide bonds. The molecule has 1 atom stereocenters. The molecule has 2 aliphatic heterocycles. The Balaban J connectivity index is 1.50. The molecular formula is C25H27N5O3. The summed E-state index contributed by atoms with van der Waals surface area (Å²) in [6.45, 7) is 6.55. The van der Waals surface area contributed by atoms with Gasteiger partial charge in [-0.2, -0.15) is 0 Å². The van der Waals surface area contributed by atoms with Gasteiger partial charge < -0.3 is 9.32 Å². The molecule has 1 fully saturated rings. The van der Waals surface area contributed by atoms with Crippen molar-refractivity contribution in [1.82, 2.24) is 19.9 Å². The summed E-state index contributed by atoms with van der Waals surface area (Å²) >= 11 is 0. The first-order valence-corrected chi connectivity index (χ1v) is 11.4. The molecular weight excluding hydrogens is 418 g/mol. The average molecular weight is 446 g/mol. The van der Waals surface area contributed by atoms with Crippen LogP contribution < -0.4 is 4.90 Å². The Morgan fingerprint density at radius 1 is 1.06 bits per heavy atom. The molecule has 0 aliphatic carbocycles. The smallest absolute Gasteiger partial charge is 0.292 e. The average Bonchev–Trinajstić information content (AvgIpc) is 3.42. The lowest BCUT2D eigenvalue weighted by molar-refractivity contribution is -0.119. The van der Waals surface area contributed by atoms with Crippen LogP contribution in [0.4, 0.5) is 5.82 Å². The highest BCUT2D eigenvalue weighted by Crippen LogP contribution is 2.36. The number of benzene rings is 1. The van der Waals surface area contributed by atoms with Crippen molar-refractivity contribution in [3.63, 3.8) is 0 Å². The van der Waals surface area contributed by atoms with Gasteiger partial charge in [-0.3, -0.25) is 14.5 Å². The predicted octanol–water partition coefficient (Wildman–Crippen LogP) is 3.85. The number of oxazole rings is 1. The first-order valence-electron chi connectivity index (χ1n) is 11.4. The summed E-state index contributed by atoms with van der Waals surface area (Å²) < 4.78 is 5.59. The molecule has 2 aliphatic rings. The second kappa shape index (κ2) is 8.42. The highest BCUT2D eigenvalue weighted by Gasteiger charge is 2.37. The van der Waals surface area contributed by atoms with Gasteiger partial charge >= 0.3 is 0 Å². The van der Waals surface area contributed by atoms with Gasteiger partial charge in [0.1, 0.15) is 5.82 Å². The van der Waals surface area contributed by atoms with Gasteiger partial charge in [-0.05, 0) is 38.7 Å². The Labute approximate surface area is 192 Å². The van der Waals surface area contributed by atoms with Gasteiger partial charge in [-0.1, -0.05) is 30.3 Å². The number of nitrogens with zero attached hydrogens (tertiary/aromatic N) is 5. The third kappa shape index (κ3) is 3.90. The molecule has 33 heavy (non-hydrogen) atoms. The second-order valence-electron chi connectivity index (χ2n) is 8.74. The first kappa shape index (κ1) is 21.3. The van der Waals surface area contributed by atoms with Gasteiger partial charge in [0.2, 0.25) is 11.7 Å². The number of hydrogen-bond acceptors (Lipinski definition) is 6. The largest absolute Gasteiger partial charge is 0.436 e. The van der Waals surface area contributed by atoms with Crippen molar-refractivity contribution in [3.05, 3.63) is 70.3 Å². The van der Waals surface area contributed by atoms with Crippen molar-refractivity contribution >= 4 is 17.6 Å². The molecule has 1 saturated heterocycles. The summed E-state index contributed by atoms with van der Waals surface area (Å²) in [5, 5.41) is 0. The maximum absolute atomic E-state index is 13.3. The van der Waals surface area contributed by atoms with Crippen molar-refractivity contribution in [2.24, 2.45) is 0 Å². The van der Waals surface area contributed by atoms with E-state index in [0.717, 1.165) is 29.7 Å². The first-order chi connectivity index (χ1) is 15.9. The fourth-order valence-corrected chi connectivity index (χ4v) is 4.82. The molecule has 1 unspecified atom stereocenters. The Bertz CT molecular complexity index is 1220.